The maximum atomic E-state index is 13.8. The lowest BCUT2D eigenvalue weighted by Gasteiger charge is -2.16. The zero-order chi connectivity index (χ0) is 15.4. The van der Waals surface area contributed by atoms with Gasteiger partial charge in [-0.05, 0) is 38.8 Å². The lowest BCUT2D eigenvalue weighted by Crippen LogP contribution is -2.45. The highest BCUT2D eigenvalue weighted by molar-refractivity contribution is 6.01. The molecular formula is C15H20FN3O2. The van der Waals surface area contributed by atoms with Gasteiger partial charge in [0.2, 0.25) is 5.91 Å². The molecule has 1 aliphatic carbocycles. The number of carbonyl (C=O) groups is 2. The molecule has 1 fully saturated rings. The van der Waals surface area contributed by atoms with E-state index in [2.05, 4.69) is 16.0 Å². The molecule has 0 spiro atoms. The summed E-state index contributed by atoms with van der Waals surface area (Å²) in [5, 5.41) is 8.25. The van der Waals surface area contributed by atoms with E-state index in [4.69, 9.17) is 0 Å². The van der Waals surface area contributed by atoms with Crippen LogP contribution >= 0.6 is 0 Å². The van der Waals surface area contributed by atoms with Crippen molar-refractivity contribution in [3.8, 4) is 0 Å². The number of benzene rings is 1. The molecule has 1 atom stereocenters. The van der Waals surface area contributed by atoms with E-state index in [0.29, 0.717) is 6.54 Å². The predicted molar refractivity (Wildman–Crippen MR) is 78.7 cm³/mol. The van der Waals surface area contributed by atoms with Crippen molar-refractivity contribution in [3.63, 3.8) is 0 Å². The fourth-order valence-electron chi connectivity index (χ4n) is 1.96. The monoisotopic (exact) mass is 293 g/mol. The van der Waals surface area contributed by atoms with Crippen molar-refractivity contribution >= 4 is 17.5 Å². The maximum Gasteiger partial charge on any atom is 0.254 e. The van der Waals surface area contributed by atoms with Gasteiger partial charge in [0.15, 0.2) is 0 Å². The first-order valence-corrected chi connectivity index (χ1v) is 7.16. The average Bonchev–Trinajstić information content (AvgIpc) is 3.25. The Bertz CT molecular complexity index is 544. The molecule has 6 heteroatoms. The van der Waals surface area contributed by atoms with Crippen LogP contribution in [0.3, 0.4) is 0 Å². The van der Waals surface area contributed by atoms with Gasteiger partial charge in [0, 0.05) is 12.6 Å². The number of hydrogen-bond donors (Lipinski definition) is 3. The first-order valence-electron chi connectivity index (χ1n) is 7.16. The largest absolute Gasteiger partial charge is 0.382 e. The Morgan fingerprint density at radius 1 is 1.38 bits per heavy atom. The number of hydrogen-bond acceptors (Lipinski definition) is 3. The number of amides is 2. The summed E-state index contributed by atoms with van der Waals surface area (Å²) in [6.07, 6.45) is 1.97. The van der Waals surface area contributed by atoms with Gasteiger partial charge in [0.05, 0.1) is 11.3 Å². The second kappa shape index (κ2) is 6.56. The smallest absolute Gasteiger partial charge is 0.254 e. The Labute approximate surface area is 123 Å². The lowest BCUT2D eigenvalue weighted by atomic mass is 10.1. The van der Waals surface area contributed by atoms with E-state index in [1.54, 1.807) is 6.92 Å². The van der Waals surface area contributed by atoms with Gasteiger partial charge in [-0.1, -0.05) is 6.07 Å². The van der Waals surface area contributed by atoms with Crippen LogP contribution in [0.2, 0.25) is 0 Å². The molecule has 114 valence electrons. The molecule has 1 aliphatic rings. The molecule has 2 rings (SSSR count). The molecule has 1 unspecified atom stereocenters. The third-order valence-corrected chi connectivity index (χ3v) is 3.28. The summed E-state index contributed by atoms with van der Waals surface area (Å²) in [6, 6.07) is 3.87. The van der Waals surface area contributed by atoms with Gasteiger partial charge in [0.25, 0.3) is 5.91 Å². The fraction of sp³-hybridized carbons (Fsp3) is 0.467. The summed E-state index contributed by atoms with van der Waals surface area (Å²) in [6.45, 7) is 3.93. The third kappa shape index (κ3) is 3.93. The van der Waals surface area contributed by atoms with E-state index >= 15 is 0 Å². The van der Waals surface area contributed by atoms with E-state index in [1.165, 1.54) is 18.2 Å². The molecule has 0 aromatic heterocycles. The van der Waals surface area contributed by atoms with Gasteiger partial charge in [0.1, 0.15) is 11.9 Å². The van der Waals surface area contributed by atoms with Crippen LogP contribution in [0, 0.1) is 5.82 Å². The summed E-state index contributed by atoms with van der Waals surface area (Å²) in [5.41, 5.74) is 0.357. The average molecular weight is 293 g/mol. The van der Waals surface area contributed by atoms with Crippen LogP contribution in [0.5, 0.6) is 0 Å². The summed E-state index contributed by atoms with van der Waals surface area (Å²) < 4.78 is 13.8. The van der Waals surface area contributed by atoms with Gasteiger partial charge in [-0.25, -0.2) is 4.39 Å². The minimum absolute atomic E-state index is 0.160. The van der Waals surface area contributed by atoms with Crippen LogP contribution in [0.15, 0.2) is 18.2 Å². The summed E-state index contributed by atoms with van der Waals surface area (Å²) >= 11 is 0. The van der Waals surface area contributed by atoms with Crippen LogP contribution < -0.4 is 16.0 Å². The standard InChI is InChI=1S/C15H20FN3O2/c1-3-17-13-11(5-4-6-12(13)16)15(21)18-9(2)14(20)19-10-7-8-10/h4-6,9-10,17H,3,7-8H2,1-2H3,(H,18,21)(H,19,20). The maximum absolute atomic E-state index is 13.8. The Kier molecular flexibility index (Phi) is 4.77. The molecule has 1 aromatic rings. The molecule has 0 bridgehead atoms. The lowest BCUT2D eigenvalue weighted by molar-refractivity contribution is -0.122. The van der Waals surface area contributed by atoms with Crippen molar-refractivity contribution in [2.75, 3.05) is 11.9 Å². The Hall–Kier alpha value is -2.11. The van der Waals surface area contributed by atoms with Crippen molar-refractivity contribution in [2.24, 2.45) is 0 Å². The minimum atomic E-state index is -0.657. The zero-order valence-electron chi connectivity index (χ0n) is 12.2. The molecule has 1 saturated carbocycles. The molecule has 5 nitrogen and oxygen atoms in total. The minimum Gasteiger partial charge on any atom is -0.382 e. The van der Waals surface area contributed by atoms with Crippen LogP contribution in [0.4, 0.5) is 10.1 Å². The van der Waals surface area contributed by atoms with Crippen molar-refractivity contribution in [1.29, 1.82) is 0 Å². The van der Waals surface area contributed by atoms with Gasteiger partial charge in [-0.2, -0.15) is 0 Å². The number of halogens is 1. The van der Waals surface area contributed by atoms with Crippen molar-refractivity contribution in [1.82, 2.24) is 10.6 Å². The molecule has 0 aliphatic heterocycles. The highest BCUT2D eigenvalue weighted by Gasteiger charge is 2.26. The van der Waals surface area contributed by atoms with E-state index < -0.39 is 17.8 Å². The van der Waals surface area contributed by atoms with E-state index in [9.17, 15) is 14.0 Å². The van der Waals surface area contributed by atoms with Crippen LogP contribution in [0.1, 0.15) is 37.0 Å². The van der Waals surface area contributed by atoms with E-state index in [1.807, 2.05) is 6.92 Å². The second-order valence-corrected chi connectivity index (χ2v) is 5.17. The fourth-order valence-corrected chi connectivity index (χ4v) is 1.96. The highest BCUT2D eigenvalue weighted by atomic mass is 19.1. The molecule has 1 aromatic carbocycles. The Morgan fingerprint density at radius 3 is 2.71 bits per heavy atom. The van der Waals surface area contributed by atoms with Gasteiger partial charge in [-0.3, -0.25) is 9.59 Å². The summed E-state index contributed by atoms with van der Waals surface area (Å²) in [5.74, 6) is -1.17. The Morgan fingerprint density at radius 2 is 2.10 bits per heavy atom. The number of anilines is 1. The van der Waals surface area contributed by atoms with Gasteiger partial charge in [-0.15, -0.1) is 0 Å². The van der Waals surface area contributed by atoms with E-state index in [0.717, 1.165) is 12.8 Å². The number of para-hydroxylation sites is 1. The first-order chi connectivity index (χ1) is 10.0. The van der Waals surface area contributed by atoms with Crippen LogP contribution in [-0.2, 0) is 4.79 Å². The second-order valence-electron chi connectivity index (χ2n) is 5.17. The normalized spacial score (nSPS) is 15.2. The van der Waals surface area contributed by atoms with E-state index in [-0.39, 0.29) is 23.2 Å². The van der Waals surface area contributed by atoms with Crippen LogP contribution in [-0.4, -0.2) is 30.4 Å². The SMILES string of the molecule is CCNc1c(F)cccc1C(=O)NC(C)C(=O)NC1CC1. The quantitative estimate of drug-likeness (QED) is 0.747. The van der Waals surface area contributed by atoms with Crippen molar-refractivity contribution < 1.29 is 14.0 Å². The first kappa shape index (κ1) is 15.3. The number of rotatable bonds is 6. The molecule has 21 heavy (non-hydrogen) atoms. The molecule has 0 radical (unpaired) electrons. The van der Waals surface area contributed by atoms with Crippen molar-refractivity contribution in [3.05, 3.63) is 29.6 Å². The molecule has 2 amide bonds. The van der Waals surface area contributed by atoms with Crippen LogP contribution in [0.25, 0.3) is 0 Å². The molecule has 0 heterocycles. The van der Waals surface area contributed by atoms with Gasteiger partial charge >= 0.3 is 0 Å². The predicted octanol–water partition coefficient (Wildman–Crippen LogP) is 1.65. The van der Waals surface area contributed by atoms with Crippen molar-refractivity contribution in [2.45, 2.75) is 38.8 Å². The molecule has 0 saturated heterocycles. The summed E-state index contributed by atoms with van der Waals surface area (Å²) in [4.78, 5) is 24.0. The number of carbonyl (C=O) groups excluding carboxylic acids is 2. The highest BCUT2D eigenvalue weighted by Crippen LogP contribution is 2.20. The van der Waals surface area contributed by atoms with Gasteiger partial charge < -0.3 is 16.0 Å². The Balaban J connectivity index is 2.05. The zero-order valence-corrected chi connectivity index (χ0v) is 12.2. The summed E-state index contributed by atoms with van der Waals surface area (Å²) in [7, 11) is 0. The third-order valence-electron chi connectivity index (χ3n) is 3.28. The topological polar surface area (TPSA) is 70.2 Å². The number of nitrogens with one attached hydrogen (secondary N) is 3. The molecule has 3 N–H and O–H groups in total. The molecular weight excluding hydrogens is 273 g/mol.